The molecule has 150 valence electrons. The number of likely N-dealkylation sites (tertiary alicyclic amines) is 3. The second kappa shape index (κ2) is 6.70. The third-order valence-corrected chi connectivity index (χ3v) is 7.40. The molecule has 4 saturated heterocycles. The van der Waals surface area contributed by atoms with Crippen molar-refractivity contribution >= 4 is 0 Å². The minimum atomic E-state index is 0.331. The second-order valence-corrected chi connectivity index (χ2v) is 11.1. The Morgan fingerprint density at radius 2 is 0.846 bits per heavy atom. The van der Waals surface area contributed by atoms with Crippen LogP contribution < -0.4 is 0 Å². The van der Waals surface area contributed by atoms with Crippen LogP contribution in [0, 0.1) is 0 Å². The first-order valence-corrected chi connectivity index (χ1v) is 10.8. The van der Waals surface area contributed by atoms with Crippen LogP contribution in [0.25, 0.3) is 0 Å². The Kier molecular flexibility index (Phi) is 4.93. The van der Waals surface area contributed by atoms with E-state index in [2.05, 4.69) is 66.0 Å². The highest BCUT2D eigenvalue weighted by Gasteiger charge is 2.46. The van der Waals surface area contributed by atoms with Crippen LogP contribution in [-0.4, -0.2) is 119 Å². The molecule has 5 nitrogen and oxygen atoms in total. The Morgan fingerprint density at radius 1 is 0.462 bits per heavy atom. The fraction of sp³-hybridized carbons (Fsp3) is 1.00. The molecule has 0 aliphatic carbocycles. The summed E-state index contributed by atoms with van der Waals surface area (Å²) in [4.78, 5) is 13.5. The van der Waals surface area contributed by atoms with Gasteiger partial charge in [-0.05, 0) is 41.5 Å². The van der Waals surface area contributed by atoms with E-state index in [-0.39, 0.29) is 0 Å². The quantitative estimate of drug-likeness (QED) is 0.748. The molecule has 0 aromatic heterocycles. The maximum absolute atomic E-state index is 2.75. The molecule has 0 radical (unpaired) electrons. The minimum Gasteiger partial charge on any atom is -0.296 e. The van der Waals surface area contributed by atoms with Crippen molar-refractivity contribution in [2.24, 2.45) is 0 Å². The van der Waals surface area contributed by atoms with Crippen molar-refractivity contribution in [3.63, 3.8) is 0 Å². The van der Waals surface area contributed by atoms with Crippen LogP contribution in [0.2, 0.25) is 0 Å². The van der Waals surface area contributed by atoms with Crippen molar-refractivity contribution in [2.75, 3.05) is 65.4 Å². The van der Waals surface area contributed by atoms with E-state index >= 15 is 0 Å². The minimum absolute atomic E-state index is 0.331. The van der Waals surface area contributed by atoms with Gasteiger partial charge in [-0.1, -0.05) is 0 Å². The van der Waals surface area contributed by atoms with Gasteiger partial charge in [-0.3, -0.25) is 24.5 Å². The lowest BCUT2D eigenvalue weighted by molar-refractivity contribution is -0.106. The standard InChI is InChI=1S/C21H41N5/c1-20(2,3)25-9-7-22(8-10-25)17-11-23(12-17)18-13-24(14-18)19-15-26(16-19)21(4,5)6/h17-19H,7-16H2,1-6H3. The molecular weight excluding hydrogens is 322 g/mol. The topological polar surface area (TPSA) is 16.2 Å². The van der Waals surface area contributed by atoms with Gasteiger partial charge in [0.1, 0.15) is 0 Å². The van der Waals surface area contributed by atoms with Crippen molar-refractivity contribution in [3.8, 4) is 0 Å². The van der Waals surface area contributed by atoms with Crippen LogP contribution in [-0.2, 0) is 0 Å². The normalized spacial score (nSPS) is 30.2. The molecule has 5 heteroatoms. The van der Waals surface area contributed by atoms with Crippen molar-refractivity contribution in [1.29, 1.82) is 0 Å². The van der Waals surface area contributed by atoms with Gasteiger partial charge < -0.3 is 0 Å². The van der Waals surface area contributed by atoms with E-state index in [4.69, 9.17) is 0 Å². The third kappa shape index (κ3) is 3.70. The molecule has 4 fully saturated rings. The van der Waals surface area contributed by atoms with Crippen LogP contribution in [0.5, 0.6) is 0 Å². The first kappa shape index (κ1) is 19.1. The van der Waals surface area contributed by atoms with E-state index in [1.165, 1.54) is 65.4 Å². The fourth-order valence-corrected chi connectivity index (χ4v) is 5.03. The van der Waals surface area contributed by atoms with E-state index < -0.39 is 0 Å². The average Bonchev–Trinajstić information content (AvgIpc) is 2.38. The molecule has 4 heterocycles. The first-order valence-electron chi connectivity index (χ1n) is 10.8. The molecular formula is C21H41N5. The summed E-state index contributed by atoms with van der Waals surface area (Å²) in [5.41, 5.74) is 0.680. The molecule has 26 heavy (non-hydrogen) atoms. The summed E-state index contributed by atoms with van der Waals surface area (Å²) in [6.07, 6.45) is 0. The number of nitrogens with zero attached hydrogens (tertiary/aromatic N) is 5. The molecule has 0 N–H and O–H groups in total. The van der Waals surface area contributed by atoms with Gasteiger partial charge in [0.15, 0.2) is 0 Å². The number of piperazine rings is 1. The highest BCUT2D eigenvalue weighted by Crippen LogP contribution is 2.31. The maximum Gasteiger partial charge on any atom is 0.0352 e. The van der Waals surface area contributed by atoms with Gasteiger partial charge in [0.25, 0.3) is 0 Å². The number of hydrogen-bond donors (Lipinski definition) is 0. The first-order chi connectivity index (χ1) is 12.1. The Labute approximate surface area is 161 Å². The molecule has 0 aromatic carbocycles. The summed E-state index contributed by atoms with van der Waals surface area (Å²) in [6, 6.07) is 2.49. The van der Waals surface area contributed by atoms with Gasteiger partial charge in [-0.2, -0.15) is 0 Å². The van der Waals surface area contributed by atoms with Crippen molar-refractivity contribution in [1.82, 2.24) is 24.5 Å². The molecule has 4 rings (SSSR count). The Bertz CT molecular complexity index is 482. The molecule has 0 bridgehead atoms. The predicted molar refractivity (Wildman–Crippen MR) is 109 cm³/mol. The van der Waals surface area contributed by atoms with E-state index in [9.17, 15) is 0 Å². The lowest BCUT2D eigenvalue weighted by Gasteiger charge is -2.60. The summed E-state index contributed by atoms with van der Waals surface area (Å²) in [5, 5.41) is 0. The molecule has 0 amide bonds. The molecule has 0 aromatic rings. The predicted octanol–water partition coefficient (Wildman–Crippen LogP) is 1.25. The maximum atomic E-state index is 2.75. The zero-order chi connectivity index (χ0) is 18.7. The van der Waals surface area contributed by atoms with Crippen LogP contribution in [0.4, 0.5) is 0 Å². The van der Waals surface area contributed by atoms with Crippen molar-refractivity contribution in [2.45, 2.75) is 70.7 Å². The Hall–Kier alpha value is -0.200. The van der Waals surface area contributed by atoms with E-state index in [0.29, 0.717) is 11.1 Å². The summed E-state index contributed by atoms with van der Waals surface area (Å²) in [7, 11) is 0. The molecule has 0 spiro atoms. The zero-order valence-corrected chi connectivity index (χ0v) is 18.0. The monoisotopic (exact) mass is 363 g/mol. The fourth-order valence-electron chi connectivity index (χ4n) is 5.03. The smallest absolute Gasteiger partial charge is 0.0352 e. The summed E-state index contributed by atoms with van der Waals surface area (Å²) >= 11 is 0. The largest absolute Gasteiger partial charge is 0.296 e. The number of hydrogen-bond acceptors (Lipinski definition) is 5. The van der Waals surface area contributed by atoms with Gasteiger partial charge in [-0.25, -0.2) is 0 Å². The zero-order valence-electron chi connectivity index (χ0n) is 18.0. The molecule has 0 atom stereocenters. The van der Waals surface area contributed by atoms with Gasteiger partial charge in [0.2, 0.25) is 0 Å². The summed E-state index contributed by atoms with van der Waals surface area (Å²) in [6.45, 7) is 26.8. The second-order valence-electron chi connectivity index (χ2n) is 11.1. The number of rotatable bonds is 3. The van der Waals surface area contributed by atoms with Crippen molar-refractivity contribution in [3.05, 3.63) is 0 Å². The average molecular weight is 364 g/mol. The van der Waals surface area contributed by atoms with Crippen molar-refractivity contribution < 1.29 is 0 Å². The lowest BCUT2D eigenvalue weighted by atomic mass is 9.91. The van der Waals surface area contributed by atoms with Crippen LogP contribution in [0.1, 0.15) is 41.5 Å². The lowest BCUT2D eigenvalue weighted by Crippen LogP contribution is -2.75. The van der Waals surface area contributed by atoms with Gasteiger partial charge in [0.05, 0.1) is 0 Å². The van der Waals surface area contributed by atoms with Crippen LogP contribution in [0.15, 0.2) is 0 Å². The van der Waals surface area contributed by atoms with E-state index in [0.717, 1.165) is 18.1 Å². The summed E-state index contributed by atoms with van der Waals surface area (Å²) < 4.78 is 0. The molecule has 0 saturated carbocycles. The van der Waals surface area contributed by atoms with Gasteiger partial charge in [-0.15, -0.1) is 0 Å². The molecule has 0 unspecified atom stereocenters. The highest BCUT2D eigenvalue weighted by molar-refractivity contribution is 5.04. The van der Waals surface area contributed by atoms with Gasteiger partial charge in [0, 0.05) is 94.7 Å². The Balaban J connectivity index is 1.12. The molecule has 4 aliphatic rings. The van der Waals surface area contributed by atoms with Crippen LogP contribution in [0.3, 0.4) is 0 Å². The van der Waals surface area contributed by atoms with E-state index in [1.807, 2.05) is 0 Å². The molecule has 4 aliphatic heterocycles. The summed E-state index contributed by atoms with van der Waals surface area (Å²) in [5.74, 6) is 0. The highest BCUT2D eigenvalue weighted by atomic mass is 15.4. The van der Waals surface area contributed by atoms with E-state index in [1.54, 1.807) is 0 Å². The third-order valence-electron chi connectivity index (χ3n) is 7.40. The Morgan fingerprint density at radius 3 is 1.27 bits per heavy atom. The van der Waals surface area contributed by atoms with Crippen LogP contribution >= 0.6 is 0 Å². The SMILES string of the molecule is CC(C)(C)N1CCN(C2CN(C3CN(C4CN(C(C)(C)C)C4)C3)C2)CC1. The van der Waals surface area contributed by atoms with Gasteiger partial charge >= 0.3 is 0 Å².